The maximum atomic E-state index is 12.9. The summed E-state index contributed by atoms with van der Waals surface area (Å²) in [6.45, 7) is 2.59. The van der Waals surface area contributed by atoms with Crippen molar-refractivity contribution in [3.05, 3.63) is 47.2 Å². The second kappa shape index (κ2) is 6.04. The number of aromatic nitrogens is 3. The molecule has 128 valence electrons. The zero-order valence-corrected chi connectivity index (χ0v) is 14.8. The summed E-state index contributed by atoms with van der Waals surface area (Å²) in [4.78, 5) is 19.0. The normalized spacial score (nSPS) is 17.5. The van der Waals surface area contributed by atoms with Crippen molar-refractivity contribution in [3.63, 3.8) is 0 Å². The van der Waals surface area contributed by atoms with Crippen molar-refractivity contribution in [1.29, 1.82) is 0 Å². The Bertz CT molecular complexity index is 967. The van der Waals surface area contributed by atoms with Crippen molar-refractivity contribution in [2.75, 3.05) is 16.8 Å². The van der Waals surface area contributed by atoms with Crippen LogP contribution in [-0.4, -0.2) is 33.3 Å². The van der Waals surface area contributed by atoms with Crippen LogP contribution in [0.2, 0.25) is 5.02 Å². The van der Waals surface area contributed by atoms with E-state index in [-0.39, 0.29) is 11.9 Å². The molecule has 3 heterocycles. The lowest BCUT2D eigenvalue weighted by Gasteiger charge is -2.18. The van der Waals surface area contributed by atoms with Gasteiger partial charge in [0.05, 0.1) is 11.2 Å². The Hall–Kier alpha value is -2.60. The highest BCUT2D eigenvalue weighted by molar-refractivity contribution is 6.31. The monoisotopic (exact) mass is 355 g/mol. The van der Waals surface area contributed by atoms with E-state index in [9.17, 15) is 4.79 Å². The second-order valence-corrected chi connectivity index (χ2v) is 6.70. The number of hydrogen-bond donors (Lipinski definition) is 1. The summed E-state index contributed by atoms with van der Waals surface area (Å²) >= 11 is 6.12. The van der Waals surface area contributed by atoms with Crippen molar-refractivity contribution in [3.8, 4) is 0 Å². The van der Waals surface area contributed by atoms with Gasteiger partial charge in [-0.15, -0.1) is 0 Å². The average Bonchev–Trinajstić information content (AvgIpc) is 3.10. The van der Waals surface area contributed by atoms with E-state index in [0.717, 1.165) is 34.5 Å². The molecule has 1 aromatic carbocycles. The van der Waals surface area contributed by atoms with E-state index in [1.165, 1.54) is 0 Å². The molecule has 1 aliphatic rings. The predicted octanol–water partition coefficient (Wildman–Crippen LogP) is 3.15. The van der Waals surface area contributed by atoms with E-state index >= 15 is 0 Å². The van der Waals surface area contributed by atoms with Gasteiger partial charge >= 0.3 is 0 Å². The largest absolute Gasteiger partial charge is 0.373 e. The minimum absolute atomic E-state index is 0.0509. The predicted molar refractivity (Wildman–Crippen MR) is 99.1 cm³/mol. The molecule has 1 unspecified atom stereocenters. The standard InChI is InChI=1S/C18H18ClN5O/c1-11-9-17(23(2)22-11)24-8-6-16(18(24)25)21-15-5-7-20-14-4-3-12(19)10-13(14)15/h3-5,7,9-10,16H,6,8H2,1-2H3,(H,20,21). The third kappa shape index (κ3) is 2.82. The summed E-state index contributed by atoms with van der Waals surface area (Å²) in [5, 5.41) is 9.26. The van der Waals surface area contributed by atoms with Crippen LogP contribution in [0.5, 0.6) is 0 Å². The molecular weight excluding hydrogens is 338 g/mol. The van der Waals surface area contributed by atoms with Crippen LogP contribution in [0.3, 0.4) is 0 Å². The summed E-state index contributed by atoms with van der Waals surface area (Å²) in [6, 6.07) is 9.09. The van der Waals surface area contributed by atoms with Crippen molar-refractivity contribution in [2.45, 2.75) is 19.4 Å². The number of carbonyl (C=O) groups is 1. The Labute approximate surface area is 150 Å². The maximum Gasteiger partial charge on any atom is 0.250 e. The van der Waals surface area contributed by atoms with Crippen molar-refractivity contribution in [2.24, 2.45) is 7.05 Å². The van der Waals surface area contributed by atoms with Gasteiger partial charge in [0.15, 0.2) is 0 Å². The van der Waals surface area contributed by atoms with Gasteiger partial charge in [-0.1, -0.05) is 11.6 Å². The number of nitrogens with one attached hydrogen (secondary N) is 1. The number of nitrogens with zero attached hydrogens (tertiary/aromatic N) is 4. The Morgan fingerprint density at radius 1 is 1.28 bits per heavy atom. The minimum atomic E-state index is -0.278. The van der Waals surface area contributed by atoms with Crippen LogP contribution in [0.4, 0.5) is 11.5 Å². The lowest BCUT2D eigenvalue weighted by atomic mass is 10.1. The summed E-state index contributed by atoms with van der Waals surface area (Å²) < 4.78 is 1.75. The number of carbonyl (C=O) groups excluding carboxylic acids is 1. The fourth-order valence-electron chi connectivity index (χ4n) is 3.32. The number of rotatable bonds is 3. The molecule has 1 fully saturated rings. The quantitative estimate of drug-likeness (QED) is 0.784. The van der Waals surface area contributed by atoms with Crippen molar-refractivity contribution >= 4 is 39.9 Å². The van der Waals surface area contributed by atoms with Crippen molar-refractivity contribution in [1.82, 2.24) is 14.8 Å². The van der Waals surface area contributed by atoms with Crippen LogP contribution in [0.1, 0.15) is 12.1 Å². The molecule has 7 heteroatoms. The zero-order chi connectivity index (χ0) is 17.6. The van der Waals surface area contributed by atoms with Gasteiger partial charge in [-0.2, -0.15) is 5.10 Å². The Balaban J connectivity index is 1.61. The number of aryl methyl sites for hydroxylation is 2. The molecule has 0 spiro atoms. The van der Waals surface area contributed by atoms with E-state index < -0.39 is 0 Å². The first-order valence-corrected chi connectivity index (χ1v) is 8.53. The number of benzene rings is 1. The maximum absolute atomic E-state index is 12.9. The lowest BCUT2D eigenvalue weighted by molar-refractivity contribution is -0.117. The first kappa shape index (κ1) is 15.9. The van der Waals surface area contributed by atoms with Gasteiger partial charge in [0, 0.05) is 42.0 Å². The molecule has 0 saturated carbocycles. The van der Waals surface area contributed by atoms with E-state index in [4.69, 9.17) is 11.6 Å². The molecule has 0 aliphatic carbocycles. The number of halogens is 1. The van der Waals surface area contributed by atoms with E-state index in [2.05, 4.69) is 15.4 Å². The molecule has 1 N–H and O–H groups in total. The number of amides is 1. The van der Waals surface area contributed by atoms with Gasteiger partial charge in [0.1, 0.15) is 11.9 Å². The van der Waals surface area contributed by atoms with Crippen LogP contribution >= 0.6 is 11.6 Å². The highest BCUT2D eigenvalue weighted by Gasteiger charge is 2.34. The summed E-state index contributed by atoms with van der Waals surface area (Å²) in [5.74, 6) is 0.879. The third-order valence-electron chi connectivity index (χ3n) is 4.49. The molecule has 0 bridgehead atoms. The van der Waals surface area contributed by atoms with Gasteiger partial charge in [-0.25, -0.2) is 0 Å². The molecule has 3 aromatic rings. The lowest BCUT2D eigenvalue weighted by Crippen LogP contribution is -2.34. The Morgan fingerprint density at radius 2 is 2.12 bits per heavy atom. The van der Waals surface area contributed by atoms with Crippen LogP contribution in [-0.2, 0) is 11.8 Å². The van der Waals surface area contributed by atoms with Crippen LogP contribution in [0, 0.1) is 6.92 Å². The van der Waals surface area contributed by atoms with Gasteiger partial charge < -0.3 is 5.32 Å². The molecule has 2 aromatic heterocycles. The summed E-state index contributed by atoms with van der Waals surface area (Å²) in [6.07, 6.45) is 2.47. The molecule has 1 amide bonds. The molecule has 25 heavy (non-hydrogen) atoms. The number of hydrogen-bond acceptors (Lipinski definition) is 4. The topological polar surface area (TPSA) is 63.1 Å². The number of fused-ring (bicyclic) bond motifs is 1. The molecule has 4 rings (SSSR count). The zero-order valence-electron chi connectivity index (χ0n) is 14.0. The molecule has 6 nitrogen and oxygen atoms in total. The highest BCUT2D eigenvalue weighted by Crippen LogP contribution is 2.28. The fraction of sp³-hybridized carbons (Fsp3) is 0.278. The first-order valence-electron chi connectivity index (χ1n) is 8.16. The van der Waals surface area contributed by atoms with Crippen molar-refractivity contribution < 1.29 is 4.79 Å². The second-order valence-electron chi connectivity index (χ2n) is 6.26. The van der Waals surface area contributed by atoms with E-state index in [1.807, 2.05) is 44.3 Å². The van der Waals surface area contributed by atoms with E-state index in [1.54, 1.807) is 15.8 Å². The van der Waals surface area contributed by atoms with Crippen LogP contribution < -0.4 is 10.2 Å². The van der Waals surface area contributed by atoms with Gasteiger partial charge in [-0.3, -0.25) is 19.4 Å². The average molecular weight is 356 g/mol. The summed E-state index contributed by atoms with van der Waals surface area (Å²) in [7, 11) is 1.86. The molecular formula is C18H18ClN5O. The van der Waals surface area contributed by atoms with E-state index in [0.29, 0.717) is 11.6 Å². The third-order valence-corrected chi connectivity index (χ3v) is 4.73. The summed E-state index contributed by atoms with van der Waals surface area (Å²) in [5.41, 5.74) is 2.62. The van der Waals surface area contributed by atoms with Crippen LogP contribution in [0.25, 0.3) is 10.9 Å². The van der Waals surface area contributed by atoms with Gasteiger partial charge in [-0.05, 0) is 37.6 Å². The first-order chi connectivity index (χ1) is 12.0. The molecule has 0 radical (unpaired) electrons. The SMILES string of the molecule is Cc1cc(N2CCC(Nc3ccnc4ccc(Cl)cc34)C2=O)n(C)n1. The minimum Gasteiger partial charge on any atom is -0.373 e. The Morgan fingerprint density at radius 3 is 2.88 bits per heavy atom. The highest BCUT2D eigenvalue weighted by atomic mass is 35.5. The Kier molecular flexibility index (Phi) is 3.84. The molecule has 1 saturated heterocycles. The van der Waals surface area contributed by atoms with Gasteiger partial charge in [0.2, 0.25) is 0 Å². The number of pyridine rings is 1. The van der Waals surface area contributed by atoms with Gasteiger partial charge in [0.25, 0.3) is 5.91 Å². The fourth-order valence-corrected chi connectivity index (χ4v) is 3.50. The smallest absolute Gasteiger partial charge is 0.250 e. The van der Waals surface area contributed by atoms with Crippen LogP contribution in [0.15, 0.2) is 36.5 Å². The molecule has 1 aliphatic heterocycles. The molecule has 1 atom stereocenters. The number of anilines is 2.